The molecular formula is C19H13IN2O. The lowest BCUT2D eigenvalue weighted by Gasteiger charge is -2.06. The minimum absolute atomic E-state index is 0.0967. The molecule has 1 heterocycles. The van der Waals surface area contributed by atoms with E-state index in [1.807, 2.05) is 54.6 Å². The van der Waals surface area contributed by atoms with Gasteiger partial charge in [-0.25, -0.2) is 0 Å². The van der Waals surface area contributed by atoms with E-state index >= 15 is 0 Å². The number of carbonyl (C=O) groups excluding carboxylic acids is 1. The zero-order valence-electron chi connectivity index (χ0n) is 12.1. The summed E-state index contributed by atoms with van der Waals surface area (Å²) in [6.07, 6.45) is 0. The van der Waals surface area contributed by atoms with Crippen molar-refractivity contribution < 1.29 is 4.79 Å². The van der Waals surface area contributed by atoms with E-state index in [1.165, 1.54) is 0 Å². The summed E-state index contributed by atoms with van der Waals surface area (Å²) in [5.74, 6) is -0.0967. The van der Waals surface area contributed by atoms with Crippen LogP contribution in [-0.2, 0) is 0 Å². The van der Waals surface area contributed by atoms with Gasteiger partial charge in [-0.2, -0.15) is 0 Å². The molecule has 3 aromatic carbocycles. The number of halogens is 1. The van der Waals surface area contributed by atoms with Gasteiger partial charge in [-0.15, -0.1) is 0 Å². The molecule has 2 N–H and O–H groups in total. The monoisotopic (exact) mass is 412 g/mol. The zero-order chi connectivity index (χ0) is 15.8. The maximum absolute atomic E-state index is 12.3. The minimum Gasteiger partial charge on any atom is -0.355 e. The molecule has 3 nitrogen and oxygen atoms in total. The first kappa shape index (κ1) is 14.3. The van der Waals surface area contributed by atoms with Crippen molar-refractivity contribution in [3.05, 3.63) is 75.9 Å². The van der Waals surface area contributed by atoms with Crippen LogP contribution in [0.25, 0.3) is 21.8 Å². The third-order valence-corrected chi connectivity index (χ3v) is 4.59. The molecule has 112 valence electrons. The number of aromatic amines is 1. The minimum atomic E-state index is -0.0967. The first-order chi connectivity index (χ1) is 11.2. The summed E-state index contributed by atoms with van der Waals surface area (Å²) in [5, 5.41) is 5.24. The van der Waals surface area contributed by atoms with Gasteiger partial charge in [0.15, 0.2) is 0 Å². The fourth-order valence-electron chi connectivity index (χ4n) is 2.73. The Balaban J connectivity index is 1.70. The van der Waals surface area contributed by atoms with Gasteiger partial charge in [-0.05, 0) is 71.1 Å². The molecule has 0 atom stereocenters. The number of hydrogen-bond donors (Lipinski definition) is 2. The second kappa shape index (κ2) is 5.70. The lowest BCUT2D eigenvalue weighted by Crippen LogP contribution is -2.11. The molecule has 0 bridgehead atoms. The quantitative estimate of drug-likeness (QED) is 0.438. The molecule has 0 saturated heterocycles. The summed E-state index contributed by atoms with van der Waals surface area (Å²) >= 11 is 2.23. The van der Waals surface area contributed by atoms with Crippen molar-refractivity contribution >= 4 is 56.0 Å². The van der Waals surface area contributed by atoms with Crippen LogP contribution in [0.4, 0.5) is 5.69 Å². The molecule has 0 saturated carbocycles. The number of fused-ring (bicyclic) bond motifs is 3. The fourth-order valence-corrected chi connectivity index (χ4v) is 3.09. The lowest BCUT2D eigenvalue weighted by molar-refractivity contribution is 0.102. The second-order valence-corrected chi connectivity index (χ2v) is 6.64. The first-order valence-electron chi connectivity index (χ1n) is 7.28. The number of amides is 1. The fraction of sp³-hybridized carbons (Fsp3) is 0. The van der Waals surface area contributed by atoms with Gasteiger partial charge >= 0.3 is 0 Å². The van der Waals surface area contributed by atoms with Crippen molar-refractivity contribution in [2.45, 2.75) is 0 Å². The summed E-state index contributed by atoms with van der Waals surface area (Å²) < 4.78 is 1.11. The van der Waals surface area contributed by atoms with E-state index < -0.39 is 0 Å². The number of hydrogen-bond acceptors (Lipinski definition) is 1. The largest absolute Gasteiger partial charge is 0.355 e. The Labute approximate surface area is 146 Å². The van der Waals surface area contributed by atoms with E-state index in [-0.39, 0.29) is 5.91 Å². The van der Waals surface area contributed by atoms with E-state index in [4.69, 9.17) is 0 Å². The average Bonchev–Trinajstić information content (AvgIpc) is 2.93. The van der Waals surface area contributed by atoms with Crippen LogP contribution in [0.1, 0.15) is 10.4 Å². The van der Waals surface area contributed by atoms with Crippen LogP contribution in [0.3, 0.4) is 0 Å². The molecule has 0 spiro atoms. The Kier molecular flexibility index (Phi) is 3.53. The lowest BCUT2D eigenvalue weighted by atomic mass is 10.1. The highest BCUT2D eigenvalue weighted by atomic mass is 127. The highest BCUT2D eigenvalue weighted by molar-refractivity contribution is 14.1. The molecule has 0 fully saturated rings. The molecule has 0 aliphatic heterocycles. The Morgan fingerprint density at radius 1 is 0.870 bits per heavy atom. The van der Waals surface area contributed by atoms with Gasteiger partial charge in [0.25, 0.3) is 5.91 Å². The summed E-state index contributed by atoms with van der Waals surface area (Å²) in [7, 11) is 0. The molecule has 0 aliphatic carbocycles. The smallest absolute Gasteiger partial charge is 0.255 e. The van der Waals surface area contributed by atoms with Crippen LogP contribution in [-0.4, -0.2) is 10.9 Å². The molecule has 0 radical (unpaired) electrons. The van der Waals surface area contributed by atoms with Crippen molar-refractivity contribution in [3.8, 4) is 0 Å². The van der Waals surface area contributed by atoms with E-state index in [1.54, 1.807) is 0 Å². The van der Waals surface area contributed by atoms with Gasteiger partial charge in [0, 0.05) is 36.6 Å². The van der Waals surface area contributed by atoms with Gasteiger partial charge < -0.3 is 10.3 Å². The number of carbonyl (C=O) groups is 1. The third-order valence-electron chi connectivity index (χ3n) is 3.87. The number of benzene rings is 3. The van der Waals surface area contributed by atoms with Crippen molar-refractivity contribution in [2.24, 2.45) is 0 Å². The van der Waals surface area contributed by atoms with E-state index in [0.29, 0.717) is 5.56 Å². The summed E-state index contributed by atoms with van der Waals surface area (Å²) in [4.78, 5) is 15.7. The van der Waals surface area contributed by atoms with Gasteiger partial charge in [0.05, 0.1) is 0 Å². The molecule has 23 heavy (non-hydrogen) atoms. The van der Waals surface area contributed by atoms with Gasteiger partial charge in [-0.1, -0.05) is 18.2 Å². The molecule has 1 aromatic heterocycles. The SMILES string of the molecule is O=C(Nc1ccc2[nH]c3ccccc3c2c1)c1ccc(I)cc1. The van der Waals surface area contributed by atoms with Crippen LogP contribution < -0.4 is 5.32 Å². The standard InChI is InChI=1S/C19H13IN2O/c20-13-7-5-12(6-8-13)19(23)21-14-9-10-18-16(11-14)15-3-1-2-4-17(15)22-18/h1-11,22H,(H,21,23). The number of anilines is 1. The molecule has 0 aliphatic rings. The Bertz CT molecular complexity index is 1020. The maximum atomic E-state index is 12.3. The Morgan fingerprint density at radius 3 is 2.43 bits per heavy atom. The summed E-state index contributed by atoms with van der Waals surface area (Å²) in [5.41, 5.74) is 3.62. The summed E-state index contributed by atoms with van der Waals surface area (Å²) in [6.45, 7) is 0. The van der Waals surface area contributed by atoms with Crippen LogP contribution in [0.2, 0.25) is 0 Å². The number of rotatable bonds is 2. The first-order valence-corrected chi connectivity index (χ1v) is 8.36. The predicted octanol–water partition coefficient (Wildman–Crippen LogP) is 5.18. The predicted molar refractivity (Wildman–Crippen MR) is 103 cm³/mol. The number of H-pyrrole nitrogens is 1. The number of aromatic nitrogens is 1. The Morgan fingerprint density at radius 2 is 1.61 bits per heavy atom. The normalized spacial score (nSPS) is 11.0. The van der Waals surface area contributed by atoms with Gasteiger partial charge in [0.2, 0.25) is 0 Å². The average molecular weight is 412 g/mol. The van der Waals surface area contributed by atoms with E-state index in [9.17, 15) is 4.79 Å². The third kappa shape index (κ3) is 2.70. The van der Waals surface area contributed by atoms with Crippen LogP contribution >= 0.6 is 22.6 Å². The van der Waals surface area contributed by atoms with Crippen molar-refractivity contribution in [3.63, 3.8) is 0 Å². The molecule has 4 heteroatoms. The van der Waals surface area contributed by atoms with Crippen LogP contribution in [0, 0.1) is 3.57 Å². The van der Waals surface area contributed by atoms with Crippen LogP contribution in [0.15, 0.2) is 66.7 Å². The van der Waals surface area contributed by atoms with Gasteiger partial charge in [0.1, 0.15) is 0 Å². The highest BCUT2D eigenvalue weighted by Crippen LogP contribution is 2.27. The molecule has 1 amide bonds. The van der Waals surface area contributed by atoms with Gasteiger partial charge in [-0.3, -0.25) is 4.79 Å². The van der Waals surface area contributed by atoms with Crippen LogP contribution in [0.5, 0.6) is 0 Å². The number of nitrogens with one attached hydrogen (secondary N) is 2. The van der Waals surface area contributed by atoms with Crippen molar-refractivity contribution in [1.29, 1.82) is 0 Å². The Hall–Kier alpha value is -2.34. The second-order valence-electron chi connectivity index (χ2n) is 5.39. The molecule has 0 unspecified atom stereocenters. The topological polar surface area (TPSA) is 44.9 Å². The van der Waals surface area contributed by atoms with E-state index in [0.717, 1.165) is 31.1 Å². The highest BCUT2D eigenvalue weighted by Gasteiger charge is 2.08. The molecular weight excluding hydrogens is 399 g/mol. The summed E-state index contributed by atoms with van der Waals surface area (Å²) in [6, 6.07) is 21.6. The molecule has 4 aromatic rings. The van der Waals surface area contributed by atoms with Crippen molar-refractivity contribution in [1.82, 2.24) is 4.98 Å². The number of para-hydroxylation sites is 1. The van der Waals surface area contributed by atoms with Crippen molar-refractivity contribution in [2.75, 3.05) is 5.32 Å². The molecule has 4 rings (SSSR count). The maximum Gasteiger partial charge on any atom is 0.255 e. The zero-order valence-corrected chi connectivity index (χ0v) is 14.3. The van der Waals surface area contributed by atoms with E-state index in [2.05, 4.69) is 45.0 Å².